The Morgan fingerprint density at radius 3 is 1.92 bits per heavy atom. The standard InChI is InChI=1S/C29H28O7/c1-17(30)33-20-10-7-19(8-11-20)9-12-23(32)24-26(34-18(2)31)21-13-15-28(3,4)35-25(21)22-14-16-29(5,6)36-27(22)24/h7-16H,1-6H3/b12-9+. The predicted octanol–water partition coefficient (Wildman–Crippen LogP) is 5.80. The first-order valence-electron chi connectivity index (χ1n) is 11.5. The summed E-state index contributed by atoms with van der Waals surface area (Å²) in [7, 11) is 0. The van der Waals surface area contributed by atoms with Crippen LogP contribution in [0.4, 0.5) is 0 Å². The van der Waals surface area contributed by atoms with Crippen molar-refractivity contribution in [1.82, 2.24) is 0 Å². The van der Waals surface area contributed by atoms with Crippen molar-refractivity contribution in [2.45, 2.75) is 52.7 Å². The van der Waals surface area contributed by atoms with Gasteiger partial charge in [-0.3, -0.25) is 14.4 Å². The average molecular weight is 489 g/mol. The van der Waals surface area contributed by atoms with E-state index < -0.39 is 28.9 Å². The van der Waals surface area contributed by atoms with Gasteiger partial charge >= 0.3 is 11.9 Å². The van der Waals surface area contributed by atoms with Gasteiger partial charge in [-0.1, -0.05) is 18.2 Å². The zero-order chi connectivity index (χ0) is 26.3. The first-order valence-corrected chi connectivity index (χ1v) is 11.5. The summed E-state index contributed by atoms with van der Waals surface area (Å²) < 4.78 is 23.1. The summed E-state index contributed by atoms with van der Waals surface area (Å²) in [6.45, 7) is 10.2. The van der Waals surface area contributed by atoms with Crippen molar-refractivity contribution in [1.29, 1.82) is 0 Å². The van der Waals surface area contributed by atoms with Crippen molar-refractivity contribution in [2.24, 2.45) is 0 Å². The Labute approximate surface area is 210 Å². The third-order valence-electron chi connectivity index (χ3n) is 5.53. The molecule has 0 unspecified atom stereocenters. The highest BCUT2D eigenvalue weighted by Crippen LogP contribution is 2.51. The van der Waals surface area contributed by atoms with Crippen molar-refractivity contribution < 1.29 is 33.3 Å². The van der Waals surface area contributed by atoms with Crippen LogP contribution in [-0.4, -0.2) is 28.9 Å². The van der Waals surface area contributed by atoms with Gasteiger partial charge in [0.05, 0.1) is 11.1 Å². The molecule has 0 saturated carbocycles. The second-order valence-corrected chi connectivity index (χ2v) is 9.72. The molecule has 0 fully saturated rings. The fourth-order valence-corrected chi connectivity index (χ4v) is 3.95. The number of carbonyl (C=O) groups is 3. The number of benzene rings is 2. The summed E-state index contributed by atoms with van der Waals surface area (Å²) in [5, 5.41) is 0. The van der Waals surface area contributed by atoms with Crippen molar-refractivity contribution in [2.75, 3.05) is 0 Å². The molecule has 2 aliphatic heterocycles. The second kappa shape index (κ2) is 9.15. The first-order chi connectivity index (χ1) is 16.8. The normalized spacial score (nSPS) is 16.4. The second-order valence-electron chi connectivity index (χ2n) is 9.72. The number of esters is 2. The average Bonchev–Trinajstić information content (AvgIpc) is 2.76. The smallest absolute Gasteiger partial charge is 0.308 e. The van der Waals surface area contributed by atoms with Gasteiger partial charge in [0.25, 0.3) is 0 Å². The van der Waals surface area contributed by atoms with Crippen LogP contribution in [0.2, 0.25) is 0 Å². The summed E-state index contributed by atoms with van der Waals surface area (Å²) in [4.78, 5) is 36.8. The van der Waals surface area contributed by atoms with Crippen LogP contribution in [0, 0.1) is 0 Å². The van der Waals surface area contributed by atoms with Crippen molar-refractivity contribution >= 4 is 35.9 Å². The van der Waals surface area contributed by atoms with Crippen LogP contribution >= 0.6 is 0 Å². The third kappa shape index (κ3) is 5.25. The fourth-order valence-electron chi connectivity index (χ4n) is 3.95. The van der Waals surface area contributed by atoms with E-state index in [1.807, 2.05) is 45.9 Å². The Kier molecular flexibility index (Phi) is 6.35. The van der Waals surface area contributed by atoms with Crippen LogP contribution < -0.4 is 18.9 Å². The SMILES string of the molecule is CC(=O)Oc1ccc(/C=C/C(=O)c2c(OC(C)=O)c3c(c4c2OC(C)(C)C=C4)OC(C)(C)C=C3)cc1. The molecule has 0 atom stereocenters. The van der Waals surface area contributed by atoms with E-state index in [1.165, 1.54) is 19.9 Å². The van der Waals surface area contributed by atoms with E-state index >= 15 is 0 Å². The van der Waals surface area contributed by atoms with E-state index in [1.54, 1.807) is 36.4 Å². The molecule has 0 bridgehead atoms. The number of ether oxygens (including phenoxy) is 4. The molecule has 2 aromatic carbocycles. The molecule has 186 valence electrons. The van der Waals surface area contributed by atoms with E-state index in [-0.39, 0.29) is 11.3 Å². The number of carbonyl (C=O) groups excluding carboxylic acids is 3. The number of ketones is 1. The molecule has 0 radical (unpaired) electrons. The quantitative estimate of drug-likeness (QED) is 0.227. The molecule has 2 aromatic rings. The lowest BCUT2D eigenvalue weighted by Crippen LogP contribution is -2.32. The van der Waals surface area contributed by atoms with Gasteiger partial charge in [0.1, 0.15) is 34.0 Å². The molecule has 36 heavy (non-hydrogen) atoms. The molecule has 7 heteroatoms. The lowest BCUT2D eigenvalue weighted by Gasteiger charge is -2.35. The summed E-state index contributed by atoms with van der Waals surface area (Å²) in [5.41, 5.74) is 0.668. The fraction of sp³-hybridized carbons (Fsp3) is 0.276. The van der Waals surface area contributed by atoms with E-state index in [4.69, 9.17) is 18.9 Å². The lowest BCUT2D eigenvalue weighted by molar-refractivity contribution is -0.132. The molecular formula is C29H28O7. The highest BCUT2D eigenvalue weighted by molar-refractivity contribution is 6.13. The predicted molar refractivity (Wildman–Crippen MR) is 136 cm³/mol. The van der Waals surface area contributed by atoms with E-state index in [0.717, 1.165) is 0 Å². The van der Waals surface area contributed by atoms with Gasteiger partial charge in [-0.05, 0) is 75.8 Å². The first kappa shape index (κ1) is 25.0. The number of rotatable bonds is 5. The van der Waals surface area contributed by atoms with Crippen molar-refractivity contribution in [3.05, 3.63) is 64.7 Å². The number of allylic oxidation sites excluding steroid dienone is 1. The largest absolute Gasteiger partial charge is 0.482 e. The Morgan fingerprint density at radius 1 is 0.778 bits per heavy atom. The number of fused-ring (bicyclic) bond motifs is 3. The zero-order valence-electron chi connectivity index (χ0n) is 21.1. The van der Waals surface area contributed by atoms with E-state index in [9.17, 15) is 14.4 Å². The van der Waals surface area contributed by atoms with Gasteiger partial charge in [0, 0.05) is 13.8 Å². The zero-order valence-corrected chi connectivity index (χ0v) is 21.1. The van der Waals surface area contributed by atoms with Gasteiger partial charge in [0.15, 0.2) is 11.5 Å². The molecule has 7 nitrogen and oxygen atoms in total. The summed E-state index contributed by atoms with van der Waals surface area (Å²) in [5.74, 6) is -0.107. The highest BCUT2D eigenvalue weighted by atomic mass is 16.5. The van der Waals surface area contributed by atoms with Gasteiger partial charge in [-0.15, -0.1) is 0 Å². The Morgan fingerprint density at radius 2 is 1.33 bits per heavy atom. The van der Waals surface area contributed by atoms with Crippen LogP contribution in [-0.2, 0) is 9.59 Å². The maximum Gasteiger partial charge on any atom is 0.308 e. The van der Waals surface area contributed by atoms with Gasteiger partial charge in [0.2, 0.25) is 0 Å². The molecular weight excluding hydrogens is 460 g/mol. The number of hydrogen-bond donors (Lipinski definition) is 0. The van der Waals surface area contributed by atoms with Crippen molar-refractivity contribution in [3.8, 4) is 23.0 Å². The molecule has 0 amide bonds. The number of hydrogen-bond acceptors (Lipinski definition) is 7. The van der Waals surface area contributed by atoms with Crippen LogP contribution in [0.1, 0.15) is 68.6 Å². The van der Waals surface area contributed by atoms with Gasteiger partial charge in [-0.25, -0.2) is 0 Å². The summed E-state index contributed by atoms with van der Waals surface area (Å²) in [6, 6.07) is 6.71. The van der Waals surface area contributed by atoms with Crippen LogP contribution in [0.5, 0.6) is 23.0 Å². The highest BCUT2D eigenvalue weighted by Gasteiger charge is 2.37. The molecule has 4 rings (SSSR count). The maximum absolute atomic E-state index is 13.6. The minimum atomic E-state index is -0.694. The van der Waals surface area contributed by atoms with Crippen molar-refractivity contribution in [3.63, 3.8) is 0 Å². The lowest BCUT2D eigenvalue weighted by atomic mass is 9.90. The molecule has 0 saturated heterocycles. The monoisotopic (exact) mass is 488 g/mol. The van der Waals surface area contributed by atoms with Gasteiger partial charge in [-0.2, -0.15) is 0 Å². The molecule has 0 spiro atoms. The van der Waals surface area contributed by atoms with Crippen LogP contribution in [0.3, 0.4) is 0 Å². The Balaban J connectivity index is 1.83. The molecule has 0 aromatic heterocycles. The Hall–Kier alpha value is -4.13. The van der Waals surface area contributed by atoms with E-state index in [2.05, 4.69) is 0 Å². The maximum atomic E-state index is 13.6. The van der Waals surface area contributed by atoms with Gasteiger partial charge < -0.3 is 18.9 Å². The minimum Gasteiger partial charge on any atom is -0.482 e. The third-order valence-corrected chi connectivity index (χ3v) is 5.53. The van der Waals surface area contributed by atoms with E-state index in [0.29, 0.717) is 33.9 Å². The molecule has 2 aliphatic rings. The minimum absolute atomic E-state index is 0.0916. The molecule has 2 heterocycles. The molecule has 0 aliphatic carbocycles. The summed E-state index contributed by atoms with van der Waals surface area (Å²) in [6.07, 6.45) is 10.4. The summed E-state index contributed by atoms with van der Waals surface area (Å²) >= 11 is 0. The Bertz CT molecular complexity index is 1340. The molecule has 0 N–H and O–H groups in total. The van der Waals surface area contributed by atoms with Crippen LogP contribution in [0.15, 0.2) is 42.5 Å². The van der Waals surface area contributed by atoms with Crippen LogP contribution in [0.25, 0.3) is 18.2 Å². The topological polar surface area (TPSA) is 88.1 Å².